The number of piperidine rings is 1. The maximum absolute atomic E-state index is 6.07. The molecular weight excluding hydrogens is 394 g/mol. The number of piperazine rings is 1. The highest BCUT2D eigenvalue weighted by atomic mass is 35.5. The van der Waals surface area contributed by atoms with Gasteiger partial charge in [-0.1, -0.05) is 35.7 Å². The monoisotopic (exact) mass is 421 g/mol. The van der Waals surface area contributed by atoms with E-state index in [9.17, 15) is 0 Å². The number of rotatable bonds is 5. The summed E-state index contributed by atoms with van der Waals surface area (Å²) in [6, 6.07) is 9.46. The van der Waals surface area contributed by atoms with E-state index in [1.807, 2.05) is 24.1 Å². The highest BCUT2D eigenvalue weighted by molar-refractivity contribution is 7.96. The summed E-state index contributed by atoms with van der Waals surface area (Å²) < 4.78 is 2.49. The molecule has 2 fully saturated rings. The molecule has 28 heavy (non-hydrogen) atoms. The van der Waals surface area contributed by atoms with E-state index in [1.54, 1.807) is 0 Å². The van der Waals surface area contributed by atoms with Gasteiger partial charge >= 0.3 is 0 Å². The molecule has 9 heteroatoms. The van der Waals surface area contributed by atoms with Crippen molar-refractivity contribution in [3.8, 4) is 0 Å². The number of aromatic nitrogens is 3. The molecule has 0 spiro atoms. The maximum Gasteiger partial charge on any atom is 0.226 e. The minimum absolute atomic E-state index is 0.383. The molecule has 0 aliphatic carbocycles. The summed E-state index contributed by atoms with van der Waals surface area (Å²) in [5.41, 5.74) is 7.04. The Morgan fingerprint density at radius 3 is 2.54 bits per heavy atom. The molecule has 2 saturated heterocycles. The first-order valence-corrected chi connectivity index (χ1v) is 11.4. The van der Waals surface area contributed by atoms with E-state index in [2.05, 4.69) is 47.7 Å². The lowest BCUT2D eigenvalue weighted by Gasteiger charge is -2.47. The molecule has 1 atom stereocenters. The van der Waals surface area contributed by atoms with E-state index < -0.39 is 0 Å². The Bertz CT molecular complexity index is 760. The normalized spacial score (nSPS) is 22.6. The van der Waals surface area contributed by atoms with Crippen molar-refractivity contribution in [2.24, 2.45) is 0 Å². The topological polar surface area (TPSA) is 77.3 Å². The van der Waals surface area contributed by atoms with Crippen LogP contribution in [-0.4, -0.2) is 75.4 Å². The first kappa shape index (κ1) is 19.8. The average Bonchev–Trinajstić information content (AvgIpc) is 3.16. The molecule has 1 aromatic heterocycles. The molecule has 7 nitrogen and oxygen atoms in total. The lowest BCUT2D eigenvalue weighted by atomic mass is 9.96. The SMILES string of the molecule is CSN1CCN(C2CCN(c3nnc(N)[nH]3)CC2)C(Cc2ccc(Cl)cc2)C1. The molecule has 152 valence electrons. The molecule has 2 aliphatic heterocycles. The number of nitrogen functional groups attached to an aromatic ring is 1. The Kier molecular flexibility index (Phi) is 6.30. The zero-order chi connectivity index (χ0) is 19.5. The van der Waals surface area contributed by atoms with E-state index in [-0.39, 0.29) is 0 Å². The van der Waals surface area contributed by atoms with Gasteiger partial charge in [-0.25, -0.2) is 4.31 Å². The van der Waals surface area contributed by atoms with Crippen LogP contribution in [0.25, 0.3) is 0 Å². The minimum Gasteiger partial charge on any atom is -0.368 e. The van der Waals surface area contributed by atoms with Gasteiger partial charge in [0.2, 0.25) is 11.9 Å². The highest BCUT2D eigenvalue weighted by Gasteiger charge is 2.34. The van der Waals surface area contributed by atoms with Crippen molar-refractivity contribution < 1.29 is 0 Å². The zero-order valence-electron chi connectivity index (χ0n) is 16.2. The van der Waals surface area contributed by atoms with Gasteiger partial charge in [0, 0.05) is 49.8 Å². The van der Waals surface area contributed by atoms with Crippen molar-refractivity contribution in [3.63, 3.8) is 0 Å². The van der Waals surface area contributed by atoms with Crippen LogP contribution in [0.5, 0.6) is 0 Å². The minimum atomic E-state index is 0.383. The van der Waals surface area contributed by atoms with E-state index in [0.29, 0.717) is 18.0 Å². The summed E-state index contributed by atoms with van der Waals surface area (Å²) in [6.45, 7) is 5.31. The average molecular weight is 422 g/mol. The lowest BCUT2D eigenvalue weighted by molar-refractivity contribution is 0.0648. The number of nitrogens with zero attached hydrogens (tertiary/aromatic N) is 5. The number of halogens is 1. The van der Waals surface area contributed by atoms with E-state index in [4.69, 9.17) is 17.3 Å². The Morgan fingerprint density at radius 1 is 1.14 bits per heavy atom. The Hall–Kier alpha value is -1.48. The van der Waals surface area contributed by atoms with Crippen molar-refractivity contribution in [1.82, 2.24) is 24.4 Å². The van der Waals surface area contributed by atoms with E-state index >= 15 is 0 Å². The van der Waals surface area contributed by atoms with Gasteiger partial charge in [0.05, 0.1) is 0 Å². The van der Waals surface area contributed by atoms with Gasteiger partial charge in [-0.2, -0.15) is 0 Å². The molecule has 2 aliphatic rings. The van der Waals surface area contributed by atoms with Gasteiger partial charge in [-0.05, 0) is 43.2 Å². The number of nitrogens with two attached hydrogens (primary N) is 1. The number of hydrogen-bond donors (Lipinski definition) is 2. The van der Waals surface area contributed by atoms with Crippen LogP contribution in [0.2, 0.25) is 5.02 Å². The van der Waals surface area contributed by atoms with Gasteiger partial charge in [0.15, 0.2) is 0 Å². The Morgan fingerprint density at radius 2 is 1.89 bits per heavy atom. The molecule has 1 aromatic carbocycles. The number of nitrogens with one attached hydrogen (secondary N) is 1. The zero-order valence-corrected chi connectivity index (χ0v) is 17.8. The lowest BCUT2D eigenvalue weighted by Crippen LogP contribution is -2.57. The first-order chi connectivity index (χ1) is 13.6. The fourth-order valence-electron chi connectivity index (χ4n) is 4.38. The summed E-state index contributed by atoms with van der Waals surface area (Å²) in [5.74, 6) is 1.18. The van der Waals surface area contributed by atoms with Crippen molar-refractivity contribution in [1.29, 1.82) is 0 Å². The van der Waals surface area contributed by atoms with Gasteiger partial charge in [-0.3, -0.25) is 9.88 Å². The standard InChI is InChI=1S/C19H28ClN7S/c1-28-26-10-11-27(17(13-26)12-14-2-4-15(20)5-3-14)16-6-8-25(9-7-16)19-22-18(21)23-24-19/h2-5,16-17H,6-13H2,1H3,(H3,21,22,23,24). The Balaban J connectivity index is 1.41. The van der Waals surface area contributed by atoms with Gasteiger partial charge in [0.25, 0.3) is 0 Å². The summed E-state index contributed by atoms with van der Waals surface area (Å²) in [7, 11) is 0. The predicted octanol–water partition coefficient (Wildman–Crippen LogP) is 2.52. The Labute approximate surface area is 175 Å². The predicted molar refractivity (Wildman–Crippen MR) is 117 cm³/mol. The molecule has 1 unspecified atom stereocenters. The number of aromatic amines is 1. The number of hydrogen-bond acceptors (Lipinski definition) is 7. The van der Waals surface area contributed by atoms with Crippen LogP contribution in [0, 0.1) is 0 Å². The van der Waals surface area contributed by atoms with Gasteiger partial charge in [0.1, 0.15) is 0 Å². The van der Waals surface area contributed by atoms with E-state index in [1.165, 1.54) is 5.56 Å². The molecule has 2 aromatic rings. The highest BCUT2D eigenvalue weighted by Crippen LogP contribution is 2.27. The summed E-state index contributed by atoms with van der Waals surface area (Å²) in [6.07, 6.45) is 5.51. The quantitative estimate of drug-likeness (QED) is 0.718. The van der Waals surface area contributed by atoms with Crippen LogP contribution in [-0.2, 0) is 6.42 Å². The number of H-pyrrole nitrogens is 1. The van der Waals surface area contributed by atoms with E-state index in [0.717, 1.165) is 63.0 Å². The van der Waals surface area contributed by atoms with Gasteiger partial charge in [-0.15, -0.1) is 10.2 Å². The van der Waals surface area contributed by atoms with Crippen molar-refractivity contribution in [3.05, 3.63) is 34.9 Å². The second-order valence-electron chi connectivity index (χ2n) is 7.54. The number of anilines is 2. The van der Waals surface area contributed by atoms with Gasteiger partial charge < -0.3 is 10.6 Å². The second kappa shape index (κ2) is 8.90. The van der Waals surface area contributed by atoms with Crippen molar-refractivity contribution in [2.45, 2.75) is 31.3 Å². The third-order valence-corrected chi connectivity index (χ3v) is 6.96. The molecule has 3 N–H and O–H groups in total. The summed E-state index contributed by atoms with van der Waals surface area (Å²) in [5, 5.41) is 8.83. The largest absolute Gasteiger partial charge is 0.368 e. The molecule has 0 radical (unpaired) electrons. The maximum atomic E-state index is 6.07. The molecule has 0 saturated carbocycles. The van der Waals surface area contributed by atoms with Crippen LogP contribution in [0.15, 0.2) is 24.3 Å². The fraction of sp³-hybridized carbons (Fsp3) is 0.579. The third kappa shape index (κ3) is 4.56. The first-order valence-electron chi connectivity index (χ1n) is 9.84. The van der Waals surface area contributed by atoms with Crippen molar-refractivity contribution in [2.75, 3.05) is 49.6 Å². The molecule has 3 heterocycles. The van der Waals surface area contributed by atoms with Crippen LogP contribution >= 0.6 is 23.5 Å². The number of benzene rings is 1. The smallest absolute Gasteiger partial charge is 0.226 e. The molecule has 0 amide bonds. The summed E-state index contributed by atoms with van der Waals surface area (Å²) in [4.78, 5) is 8.05. The third-order valence-electron chi connectivity index (χ3n) is 5.86. The van der Waals surface area contributed by atoms with Crippen molar-refractivity contribution >= 4 is 35.4 Å². The van der Waals surface area contributed by atoms with Crippen LogP contribution < -0.4 is 10.6 Å². The molecular formula is C19H28ClN7S. The molecule has 0 bridgehead atoms. The van der Waals surface area contributed by atoms with Crippen LogP contribution in [0.3, 0.4) is 0 Å². The second-order valence-corrected chi connectivity index (χ2v) is 8.86. The van der Waals surface area contributed by atoms with Crippen LogP contribution in [0.4, 0.5) is 11.9 Å². The molecule has 4 rings (SSSR count). The fourth-order valence-corrected chi connectivity index (χ4v) is 5.09. The summed E-state index contributed by atoms with van der Waals surface area (Å²) >= 11 is 7.93. The van der Waals surface area contributed by atoms with Crippen LogP contribution in [0.1, 0.15) is 18.4 Å².